The molecular formula is C13H14N2O3S. The number of hydrogen-bond acceptors (Lipinski definition) is 4. The molecule has 1 amide bonds. The third kappa shape index (κ3) is 3.12. The molecule has 0 aliphatic carbocycles. The second kappa shape index (κ2) is 5.41. The zero-order chi connectivity index (χ0) is 13.9. The fourth-order valence-electron chi connectivity index (χ4n) is 2.03. The largest absolute Gasteiger partial charge is 0.339 e. The minimum atomic E-state index is -3.02. The van der Waals surface area contributed by atoms with Gasteiger partial charge < -0.3 is 4.90 Å². The van der Waals surface area contributed by atoms with Gasteiger partial charge in [0.05, 0.1) is 17.6 Å². The van der Waals surface area contributed by atoms with E-state index in [0.29, 0.717) is 5.56 Å². The van der Waals surface area contributed by atoms with Gasteiger partial charge in [-0.2, -0.15) is 5.26 Å². The third-order valence-electron chi connectivity index (χ3n) is 3.17. The van der Waals surface area contributed by atoms with Gasteiger partial charge in [0.1, 0.15) is 5.92 Å². The van der Waals surface area contributed by atoms with Crippen LogP contribution in [0.2, 0.25) is 0 Å². The molecule has 19 heavy (non-hydrogen) atoms. The number of nitriles is 1. The molecule has 5 nitrogen and oxygen atoms in total. The van der Waals surface area contributed by atoms with Crippen LogP contribution in [0, 0.1) is 11.3 Å². The van der Waals surface area contributed by atoms with Crippen LogP contribution in [0.4, 0.5) is 0 Å². The molecule has 1 aliphatic rings. The zero-order valence-corrected chi connectivity index (χ0v) is 11.1. The van der Waals surface area contributed by atoms with Crippen LogP contribution in [-0.4, -0.2) is 43.8 Å². The minimum Gasteiger partial charge on any atom is -0.339 e. The Morgan fingerprint density at radius 3 is 2.32 bits per heavy atom. The molecule has 1 atom stereocenters. The van der Waals surface area contributed by atoms with E-state index in [2.05, 4.69) is 0 Å². The van der Waals surface area contributed by atoms with Crippen LogP contribution < -0.4 is 0 Å². The van der Waals surface area contributed by atoms with Crippen LogP contribution in [-0.2, 0) is 14.6 Å². The molecule has 0 radical (unpaired) electrons. The molecule has 1 heterocycles. The van der Waals surface area contributed by atoms with Gasteiger partial charge in [0.15, 0.2) is 9.84 Å². The van der Waals surface area contributed by atoms with Crippen molar-refractivity contribution in [3.05, 3.63) is 35.9 Å². The van der Waals surface area contributed by atoms with Crippen LogP contribution in [0.15, 0.2) is 30.3 Å². The van der Waals surface area contributed by atoms with Crippen LogP contribution in [0.1, 0.15) is 11.5 Å². The molecule has 0 spiro atoms. The van der Waals surface area contributed by atoms with E-state index in [1.54, 1.807) is 24.3 Å². The Labute approximate surface area is 112 Å². The average Bonchev–Trinajstić information content (AvgIpc) is 2.40. The smallest absolute Gasteiger partial charge is 0.244 e. The van der Waals surface area contributed by atoms with E-state index in [1.807, 2.05) is 12.1 Å². The number of sulfone groups is 1. The highest BCUT2D eigenvalue weighted by atomic mass is 32.2. The number of benzene rings is 1. The van der Waals surface area contributed by atoms with E-state index in [1.165, 1.54) is 4.90 Å². The molecular weight excluding hydrogens is 264 g/mol. The predicted molar refractivity (Wildman–Crippen MR) is 70.0 cm³/mol. The van der Waals surface area contributed by atoms with Gasteiger partial charge in [-0.1, -0.05) is 30.3 Å². The summed E-state index contributed by atoms with van der Waals surface area (Å²) in [4.78, 5) is 13.7. The molecule has 100 valence electrons. The van der Waals surface area contributed by atoms with E-state index in [4.69, 9.17) is 5.26 Å². The summed E-state index contributed by atoms with van der Waals surface area (Å²) in [6, 6.07) is 10.8. The van der Waals surface area contributed by atoms with Crippen molar-refractivity contribution in [1.82, 2.24) is 4.90 Å². The second-order valence-corrected chi connectivity index (χ2v) is 6.75. The molecule has 6 heteroatoms. The van der Waals surface area contributed by atoms with Crippen LogP contribution in [0.25, 0.3) is 0 Å². The molecule has 1 aliphatic heterocycles. The molecule has 1 fully saturated rings. The second-order valence-electron chi connectivity index (χ2n) is 4.45. The van der Waals surface area contributed by atoms with Crippen molar-refractivity contribution in [2.24, 2.45) is 0 Å². The average molecular weight is 278 g/mol. The van der Waals surface area contributed by atoms with Gasteiger partial charge in [-0.05, 0) is 5.56 Å². The Hall–Kier alpha value is -1.87. The van der Waals surface area contributed by atoms with E-state index in [9.17, 15) is 13.2 Å². The Kier molecular flexibility index (Phi) is 3.86. The first-order valence-electron chi connectivity index (χ1n) is 5.97. The van der Waals surface area contributed by atoms with Gasteiger partial charge in [0, 0.05) is 13.1 Å². The number of nitrogens with zero attached hydrogens (tertiary/aromatic N) is 2. The van der Waals surface area contributed by atoms with E-state index >= 15 is 0 Å². The molecule has 0 N–H and O–H groups in total. The standard InChI is InChI=1S/C13H14N2O3S/c14-10-12(11-4-2-1-3-5-11)13(16)15-6-8-19(17,18)9-7-15/h1-5,12H,6-9H2. The Balaban J connectivity index is 2.13. The van der Waals surface area contributed by atoms with Crippen LogP contribution >= 0.6 is 0 Å². The van der Waals surface area contributed by atoms with Gasteiger partial charge in [-0.15, -0.1) is 0 Å². The Morgan fingerprint density at radius 2 is 1.79 bits per heavy atom. The van der Waals surface area contributed by atoms with E-state index in [-0.39, 0.29) is 30.5 Å². The van der Waals surface area contributed by atoms with Gasteiger partial charge in [-0.3, -0.25) is 4.79 Å². The normalized spacial score (nSPS) is 19.4. The summed E-state index contributed by atoms with van der Waals surface area (Å²) in [5.41, 5.74) is 0.642. The lowest BCUT2D eigenvalue weighted by molar-refractivity contribution is -0.131. The maximum Gasteiger partial charge on any atom is 0.244 e. The van der Waals surface area contributed by atoms with Crippen molar-refractivity contribution in [3.8, 4) is 6.07 Å². The van der Waals surface area contributed by atoms with Crippen LogP contribution in [0.3, 0.4) is 0 Å². The first kappa shape index (κ1) is 13.6. The molecule has 0 bridgehead atoms. The molecule has 1 aromatic carbocycles. The lowest BCUT2D eigenvalue weighted by Crippen LogP contribution is -2.45. The van der Waals surface area contributed by atoms with Crippen molar-refractivity contribution in [3.63, 3.8) is 0 Å². The number of hydrogen-bond donors (Lipinski definition) is 0. The van der Waals surface area contributed by atoms with Crippen LogP contribution in [0.5, 0.6) is 0 Å². The lowest BCUT2D eigenvalue weighted by Gasteiger charge is -2.28. The van der Waals surface area contributed by atoms with Gasteiger partial charge in [0.2, 0.25) is 5.91 Å². The molecule has 1 aromatic rings. The summed E-state index contributed by atoms with van der Waals surface area (Å²) in [6.45, 7) is 0.346. The molecule has 1 saturated heterocycles. The first-order chi connectivity index (χ1) is 9.03. The van der Waals surface area contributed by atoms with Crippen molar-refractivity contribution < 1.29 is 13.2 Å². The molecule has 0 aromatic heterocycles. The summed E-state index contributed by atoms with van der Waals surface area (Å²) in [7, 11) is -3.02. The van der Waals surface area contributed by atoms with Crippen molar-refractivity contribution in [2.75, 3.05) is 24.6 Å². The molecule has 0 saturated carbocycles. The zero-order valence-electron chi connectivity index (χ0n) is 10.3. The molecule has 2 rings (SSSR count). The Morgan fingerprint density at radius 1 is 1.21 bits per heavy atom. The van der Waals surface area contributed by atoms with Gasteiger partial charge >= 0.3 is 0 Å². The number of carbonyl (C=O) groups is 1. The van der Waals surface area contributed by atoms with Crippen molar-refractivity contribution in [2.45, 2.75) is 5.92 Å². The third-order valence-corrected chi connectivity index (χ3v) is 4.77. The maximum absolute atomic E-state index is 12.2. The van der Waals surface area contributed by atoms with E-state index in [0.717, 1.165) is 0 Å². The molecule has 1 unspecified atom stereocenters. The summed E-state index contributed by atoms with van der Waals surface area (Å²) < 4.78 is 22.7. The van der Waals surface area contributed by atoms with Crippen molar-refractivity contribution in [1.29, 1.82) is 5.26 Å². The quantitative estimate of drug-likeness (QED) is 0.791. The van der Waals surface area contributed by atoms with E-state index < -0.39 is 15.8 Å². The maximum atomic E-state index is 12.2. The number of rotatable bonds is 2. The summed E-state index contributed by atoms with van der Waals surface area (Å²) in [5.74, 6) is -1.22. The highest BCUT2D eigenvalue weighted by Gasteiger charge is 2.30. The number of amides is 1. The van der Waals surface area contributed by atoms with Gasteiger partial charge in [-0.25, -0.2) is 8.42 Å². The summed E-state index contributed by atoms with van der Waals surface area (Å²) >= 11 is 0. The highest BCUT2D eigenvalue weighted by molar-refractivity contribution is 7.91. The summed E-state index contributed by atoms with van der Waals surface area (Å²) in [5, 5.41) is 9.17. The Bertz CT molecular complexity index is 591. The topological polar surface area (TPSA) is 78.2 Å². The fourth-order valence-corrected chi connectivity index (χ4v) is 3.23. The highest BCUT2D eigenvalue weighted by Crippen LogP contribution is 2.19. The minimum absolute atomic E-state index is 0.0221. The van der Waals surface area contributed by atoms with Gasteiger partial charge in [0.25, 0.3) is 0 Å². The lowest BCUT2D eigenvalue weighted by atomic mass is 9.99. The fraction of sp³-hybridized carbons (Fsp3) is 0.385. The SMILES string of the molecule is N#CC(C(=O)N1CCS(=O)(=O)CC1)c1ccccc1. The monoisotopic (exact) mass is 278 g/mol. The number of carbonyl (C=O) groups excluding carboxylic acids is 1. The predicted octanol–water partition coefficient (Wildman–Crippen LogP) is 0.551. The van der Waals surface area contributed by atoms with Crippen molar-refractivity contribution >= 4 is 15.7 Å². The summed E-state index contributed by atoms with van der Waals surface area (Å²) in [6.07, 6.45) is 0. The first-order valence-corrected chi connectivity index (χ1v) is 7.79.